The van der Waals surface area contributed by atoms with Gasteiger partial charge in [-0.2, -0.15) is 0 Å². The quantitative estimate of drug-likeness (QED) is 0.773. The van der Waals surface area contributed by atoms with E-state index in [1.807, 2.05) is 12.1 Å². The van der Waals surface area contributed by atoms with E-state index < -0.39 is 0 Å². The Morgan fingerprint density at radius 1 is 0.968 bits per heavy atom. The Morgan fingerprint density at radius 2 is 1.68 bits per heavy atom. The Kier molecular flexibility index (Phi) is 5.47. The maximum absolute atomic E-state index is 13.2. The summed E-state index contributed by atoms with van der Waals surface area (Å²) in [4.78, 5) is 32.6. The van der Waals surface area contributed by atoms with Crippen molar-refractivity contribution in [2.24, 2.45) is 5.92 Å². The summed E-state index contributed by atoms with van der Waals surface area (Å²) in [5.74, 6) is 0.233. The summed E-state index contributed by atoms with van der Waals surface area (Å²) in [6.45, 7) is 4.95. The minimum Gasteiger partial charge on any atom is -0.333 e. The van der Waals surface area contributed by atoms with E-state index in [9.17, 15) is 9.59 Å². The number of nitrogens with zero attached hydrogens (tertiary/aromatic N) is 3. The van der Waals surface area contributed by atoms with Gasteiger partial charge < -0.3 is 9.80 Å². The van der Waals surface area contributed by atoms with Crippen molar-refractivity contribution < 1.29 is 9.59 Å². The van der Waals surface area contributed by atoms with Gasteiger partial charge in [0.05, 0.1) is 13.1 Å². The van der Waals surface area contributed by atoms with Crippen molar-refractivity contribution in [3.05, 3.63) is 76.9 Å². The van der Waals surface area contributed by atoms with Crippen LogP contribution in [0.2, 0.25) is 0 Å². The lowest BCUT2D eigenvalue weighted by molar-refractivity contribution is -0.138. The maximum atomic E-state index is 13.2. The van der Waals surface area contributed by atoms with Crippen LogP contribution in [-0.2, 0) is 9.59 Å². The minimum absolute atomic E-state index is 0.00464. The number of likely N-dealkylation sites (N-methyl/N-ethyl adjacent to an activating group) is 1. The number of likely N-dealkylation sites (tertiary alicyclic amines) is 1. The third kappa shape index (κ3) is 3.95. The number of rotatable bonds is 3. The van der Waals surface area contributed by atoms with Crippen LogP contribution in [0.15, 0.2) is 60.2 Å². The van der Waals surface area contributed by atoms with Gasteiger partial charge in [0.1, 0.15) is 0 Å². The average molecular weight is 416 g/mol. The van der Waals surface area contributed by atoms with Gasteiger partial charge in [0.15, 0.2) is 5.78 Å². The van der Waals surface area contributed by atoms with Crippen molar-refractivity contribution >= 4 is 17.8 Å². The van der Waals surface area contributed by atoms with Crippen LogP contribution in [-0.4, -0.2) is 79.3 Å². The molecule has 0 N–H and O–H groups in total. The largest absolute Gasteiger partial charge is 0.333 e. The average Bonchev–Trinajstić information content (AvgIpc) is 2.80. The Bertz CT molecular complexity index is 1010. The molecule has 0 saturated carbocycles. The van der Waals surface area contributed by atoms with E-state index in [1.54, 1.807) is 4.90 Å². The van der Waals surface area contributed by atoms with Crippen LogP contribution in [0, 0.1) is 5.92 Å². The zero-order valence-electron chi connectivity index (χ0n) is 18.0. The van der Waals surface area contributed by atoms with Crippen molar-refractivity contribution in [1.82, 2.24) is 14.7 Å². The van der Waals surface area contributed by atoms with Gasteiger partial charge in [-0.25, -0.2) is 0 Å². The standard InChI is InChI=1S/C26H29N3O2/c1-27-11-13-28(14-12-27)18-25(31)29-16-23-22(24(30)17-29)15-20-9-5-6-10-21(20)26(23)19-7-3-2-4-8-19/h2-10,15,23,26H,11-14,16-18H2,1H3. The lowest BCUT2D eigenvalue weighted by Gasteiger charge is -2.42. The topological polar surface area (TPSA) is 43.9 Å². The van der Waals surface area contributed by atoms with Crippen LogP contribution in [0.25, 0.3) is 6.08 Å². The lowest BCUT2D eigenvalue weighted by Crippen LogP contribution is -2.53. The van der Waals surface area contributed by atoms with Crippen LogP contribution >= 0.6 is 0 Å². The Morgan fingerprint density at radius 3 is 2.45 bits per heavy atom. The molecule has 2 heterocycles. The molecular formula is C26H29N3O2. The summed E-state index contributed by atoms with van der Waals surface area (Å²) < 4.78 is 0. The Labute approximate surface area is 183 Å². The van der Waals surface area contributed by atoms with E-state index in [1.165, 1.54) is 11.1 Å². The molecule has 160 valence electrons. The molecule has 0 spiro atoms. The molecule has 0 aromatic heterocycles. The molecule has 2 aliphatic heterocycles. The number of amides is 1. The van der Waals surface area contributed by atoms with Gasteiger partial charge in [-0.05, 0) is 29.8 Å². The van der Waals surface area contributed by atoms with Gasteiger partial charge >= 0.3 is 0 Å². The first kappa shape index (κ1) is 20.2. The number of ketones is 1. The van der Waals surface area contributed by atoms with Gasteiger partial charge in [-0.3, -0.25) is 14.5 Å². The smallest absolute Gasteiger partial charge is 0.237 e. The zero-order chi connectivity index (χ0) is 21.4. The molecule has 3 aliphatic rings. The fraction of sp³-hybridized carbons (Fsp3) is 0.385. The van der Waals surface area contributed by atoms with Crippen molar-refractivity contribution in [2.45, 2.75) is 5.92 Å². The highest BCUT2D eigenvalue weighted by Gasteiger charge is 2.41. The normalized spacial score (nSPS) is 24.4. The molecule has 2 unspecified atom stereocenters. The van der Waals surface area contributed by atoms with E-state index in [4.69, 9.17) is 0 Å². The number of carbonyl (C=O) groups excluding carboxylic acids is 2. The Balaban J connectivity index is 1.42. The molecule has 2 aromatic rings. The molecular weight excluding hydrogens is 386 g/mol. The molecule has 2 atom stereocenters. The number of carbonyl (C=O) groups is 2. The van der Waals surface area contributed by atoms with Gasteiger partial charge in [0, 0.05) is 50.1 Å². The van der Waals surface area contributed by atoms with Crippen molar-refractivity contribution in [2.75, 3.05) is 52.9 Å². The second kappa shape index (κ2) is 8.40. The van der Waals surface area contributed by atoms with Crippen LogP contribution in [0.4, 0.5) is 0 Å². The third-order valence-corrected chi connectivity index (χ3v) is 6.98. The molecule has 2 fully saturated rings. The summed E-state index contributed by atoms with van der Waals surface area (Å²) in [5, 5.41) is 0. The molecule has 5 rings (SSSR count). The monoisotopic (exact) mass is 415 g/mol. The molecule has 5 heteroatoms. The van der Waals surface area contributed by atoms with Crippen LogP contribution < -0.4 is 0 Å². The second-order valence-corrected chi connectivity index (χ2v) is 9.00. The molecule has 5 nitrogen and oxygen atoms in total. The maximum Gasteiger partial charge on any atom is 0.237 e. The van der Waals surface area contributed by atoms with E-state index in [0.717, 1.165) is 37.3 Å². The highest BCUT2D eigenvalue weighted by Crippen LogP contribution is 2.44. The van der Waals surface area contributed by atoms with Gasteiger partial charge in [-0.1, -0.05) is 54.6 Å². The van der Waals surface area contributed by atoms with Crippen molar-refractivity contribution in [3.8, 4) is 0 Å². The third-order valence-electron chi connectivity index (χ3n) is 6.98. The molecule has 0 radical (unpaired) electrons. The first-order valence-electron chi connectivity index (χ1n) is 11.2. The van der Waals surface area contributed by atoms with E-state index in [0.29, 0.717) is 13.1 Å². The van der Waals surface area contributed by atoms with Crippen molar-refractivity contribution in [3.63, 3.8) is 0 Å². The van der Waals surface area contributed by atoms with Gasteiger partial charge in [0.2, 0.25) is 5.91 Å². The molecule has 1 amide bonds. The van der Waals surface area contributed by atoms with Gasteiger partial charge in [-0.15, -0.1) is 0 Å². The van der Waals surface area contributed by atoms with E-state index in [-0.39, 0.29) is 30.1 Å². The number of piperidine rings is 1. The summed E-state index contributed by atoms with van der Waals surface area (Å²) in [5.41, 5.74) is 4.43. The first-order chi connectivity index (χ1) is 15.1. The number of benzene rings is 2. The summed E-state index contributed by atoms with van der Waals surface area (Å²) in [6, 6.07) is 18.7. The second-order valence-electron chi connectivity index (χ2n) is 9.00. The van der Waals surface area contributed by atoms with Crippen LogP contribution in [0.1, 0.15) is 22.6 Å². The van der Waals surface area contributed by atoms with E-state index in [2.05, 4.69) is 65.4 Å². The Hall–Kier alpha value is -2.76. The fourth-order valence-corrected chi connectivity index (χ4v) is 5.21. The predicted molar refractivity (Wildman–Crippen MR) is 122 cm³/mol. The molecule has 2 saturated heterocycles. The lowest BCUT2D eigenvalue weighted by atomic mass is 9.69. The summed E-state index contributed by atoms with van der Waals surface area (Å²) in [7, 11) is 2.11. The molecule has 1 aliphatic carbocycles. The zero-order valence-corrected chi connectivity index (χ0v) is 18.0. The fourth-order valence-electron chi connectivity index (χ4n) is 5.21. The van der Waals surface area contributed by atoms with Gasteiger partial charge in [0.25, 0.3) is 0 Å². The molecule has 31 heavy (non-hydrogen) atoms. The highest BCUT2D eigenvalue weighted by molar-refractivity contribution is 6.05. The number of Topliss-reactive ketones (excluding diaryl/α,β-unsaturated/α-hetero) is 1. The molecule has 0 bridgehead atoms. The first-order valence-corrected chi connectivity index (χ1v) is 11.2. The van der Waals surface area contributed by atoms with Crippen LogP contribution in [0.3, 0.4) is 0 Å². The number of fused-ring (bicyclic) bond motifs is 2. The minimum atomic E-state index is -0.00464. The molecule has 2 aromatic carbocycles. The summed E-state index contributed by atoms with van der Waals surface area (Å²) in [6.07, 6.45) is 2.06. The number of hydrogen-bond acceptors (Lipinski definition) is 4. The highest BCUT2D eigenvalue weighted by atomic mass is 16.2. The number of hydrogen-bond donors (Lipinski definition) is 0. The van der Waals surface area contributed by atoms with Crippen molar-refractivity contribution in [1.29, 1.82) is 0 Å². The predicted octanol–water partition coefficient (Wildman–Crippen LogP) is 2.49. The number of piperazine rings is 1. The summed E-state index contributed by atoms with van der Waals surface area (Å²) >= 11 is 0. The van der Waals surface area contributed by atoms with Crippen LogP contribution in [0.5, 0.6) is 0 Å². The van der Waals surface area contributed by atoms with E-state index >= 15 is 0 Å². The SMILES string of the molecule is CN1CCN(CC(=O)N2CC(=O)C3=Cc4ccccc4C(c4ccccc4)C3C2)CC1.